The molecular formula is C17H21N3O3S. The number of sulfone groups is 1. The van der Waals surface area contributed by atoms with Crippen molar-refractivity contribution >= 4 is 15.7 Å². The number of benzene rings is 1. The van der Waals surface area contributed by atoms with Gasteiger partial charge in [0.05, 0.1) is 35.5 Å². The van der Waals surface area contributed by atoms with Gasteiger partial charge in [0, 0.05) is 6.04 Å². The molecule has 1 aliphatic rings. The van der Waals surface area contributed by atoms with Crippen LogP contribution in [0, 0.1) is 0 Å². The fourth-order valence-electron chi connectivity index (χ4n) is 3.04. The van der Waals surface area contributed by atoms with Gasteiger partial charge in [-0.25, -0.2) is 8.42 Å². The summed E-state index contributed by atoms with van der Waals surface area (Å²) in [5.41, 5.74) is 2.50. The van der Waals surface area contributed by atoms with Gasteiger partial charge in [0.15, 0.2) is 9.84 Å². The molecule has 0 aliphatic carbocycles. The molecule has 1 amide bonds. The van der Waals surface area contributed by atoms with Crippen LogP contribution in [0.4, 0.5) is 0 Å². The predicted octanol–water partition coefficient (Wildman–Crippen LogP) is 1.41. The number of nitrogens with zero attached hydrogens (tertiary/aromatic N) is 2. The summed E-state index contributed by atoms with van der Waals surface area (Å²) >= 11 is 0. The zero-order valence-corrected chi connectivity index (χ0v) is 14.4. The molecule has 1 aromatic heterocycles. The quantitative estimate of drug-likeness (QED) is 0.887. The van der Waals surface area contributed by atoms with Gasteiger partial charge in [-0.2, -0.15) is 5.10 Å². The zero-order chi connectivity index (χ0) is 17.2. The molecule has 128 valence electrons. The smallest absolute Gasteiger partial charge is 0.255 e. The molecule has 2 aromatic rings. The van der Waals surface area contributed by atoms with E-state index in [9.17, 15) is 13.2 Å². The molecule has 0 radical (unpaired) electrons. The van der Waals surface area contributed by atoms with Gasteiger partial charge in [-0.05, 0) is 18.4 Å². The van der Waals surface area contributed by atoms with Crippen LogP contribution in [0.2, 0.25) is 0 Å². The lowest BCUT2D eigenvalue weighted by molar-refractivity contribution is 0.0940. The van der Waals surface area contributed by atoms with Crippen LogP contribution >= 0.6 is 0 Å². The standard InChI is InChI=1S/C17H21N3O3S/c1-2-16-15(17(21)19-14-8-9-24(22,23)12-14)10-18-20(16)11-13-6-4-3-5-7-13/h3-7,10,14H,2,8-9,11-12H2,1H3,(H,19,21)/t14-/m1/s1. The number of aromatic nitrogens is 2. The van der Waals surface area contributed by atoms with E-state index in [-0.39, 0.29) is 23.5 Å². The number of hydrogen-bond acceptors (Lipinski definition) is 4. The fourth-order valence-corrected chi connectivity index (χ4v) is 4.71. The summed E-state index contributed by atoms with van der Waals surface area (Å²) in [6.45, 7) is 2.59. The summed E-state index contributed by atoms with van der Waals surface area (Å²) in [7, 11) is -3.01. The Labute approximate surface area is 141 Å². The average molecular weight is 347 g/mol. The van der Waals surface area contributed by atoms with Crippen molar-refractivity contribution in [3.8, 4) is 0 Å². The van der Waals surface area contributed by atoms with Crippen molar-refractivity contribution in [3.05, 3.63) is 53.3 Å². The number of carbonyl (C=O) groups excluding carboxylic acids is 1. The van der Waals surface area contributed by atoms with Gasteiger partial charge >= 0.3 is 0 Å². The molecule has 2 heterocycles. The summed E-state index contributed by atoms with van der Waals surface area (Å²) in [6, 6.07) is 9.64. The normalized spacial score (nSPS) is 19.3. The molecule has 1 aromatic carbocycles. The van der Waals surface area contributed by atoms with Crippen molar-refractivity contribution in [1.82, 2.24) is 15.1 Å². The lowest BCUT2D eigenvalue weighted by Gasteiger charge is -2.12. The molecule has 6 nitrogen and oxygen atoms in total. The van der Waals surface area contributed by atoms with Crippen molar-refractivity contribution in [1.29, 1.82) is 0 Å². The Balaban J connectivity index is 1.75. The molecule has 24 heavy (non-hydrogen) atoms. The Morgan fingerprint density at radius 1 is 1.33 bits per heavy atom. The molecular weight excluding hydrogens is 326 g/mol. The van der Waals surface area contributed by atoms with Crippen LogP contribution in [0.5, 0.6) is 0 Å². The highest BCUT2D eigenvalue weighted by Gasteiger charge is 2.30. The summed E-state index contributed by atoms with van der Waals surface area (Å²) < 4.78 is 24.9. The zero-order valence-electron chi connectivity index (χ0n) is 13.6. The first-order valence-corrected chi connectivity index (χ1v) is 9.90. The maximum absolute atomic E-state index is 12.5. The Kier molecular flexibility index (Phi) is 4.71. The van der Waals surface area contributed by atoms with E-state index in [0.29, 0.717) is 24.9 Å². The molecule has 1 saturated heterocycles. The highest BCUT2D eigenvalue weighted by molar-refractivity contribution is 7.91. The number of amides is 1. The second kappa shape index (κ2) is 6.76. The molecule has 3 rings (SSSR count). The van der Waals surface area contributed by atoms with Gasteiger partial charge in [0.1, 0.15) is 0 Å². The van der Waals surface area contributed by atoms with Crippen LogP contribution in [0.25, 0.3) is 0 Å². The van der Waals surface area contributed by atoms with Crippen LogP contribution in [0.15, 0.2) is 36.5 Å². The first-order valence-electron chi connectivity index (χ1n) is 8.08. The van der Waals surface area contributed by atoms with Crippen LogP contribution < -0.4 is 5.32 Å². The van der Waals surface area contributed by atoms with Gasteiger partial charge in [0.2, 0.25) is 0 Å². The monoisotopic (exact) mass is 347 g/mol. The topological polar surface area (TPSA) is 81.1 Å². The second-order valence-electron chi connectivity index (χ2n) is 6.08. The highest BCUT2D eigenvalue weighted by atomic mass is 32.2. The van der Waals surface area contributed by atoms with Crippen LogP contribution in [0.3, 0.4) is 0 Å². The third-order valence-corrected chi connectivity index (χ3v) is 6.04. The van der Waals surface area contributed by atoms with E-state index >= 15 is 0 Å². The fraction of sp³-hybridized carbons (Fsp3) is 0.412. The van der Waals surface area contributed by atoms with Crippen LogP contribution in [0.1, 0.15) is 35.0 Å². The minimum atomic E-state index is -3.01. The number of rotatable bonds is 5. The lowest BCUT2D eigenvalue weighted by atomic mass is 10.1. The van der Waals surface area contributed by atoms with Gasteiger partial charge in [-0.15, -0.1) is 0 Å². The SMILES string of the molecule is CCc1c(C(=O)N[C@@H]2CCS(=O)(=O)C2)cnn1Cc1ccccc1. The molecule has 1 N–H and O–H groups in total. The number of hydrogen-bond donors (Lipinski definition) is 1. The first-order chi connectivity index (χ1) is 11.5. The Morgan fingerprint density at radius 2 is 2.08 bits per heavy atom. The Morgan fingerprint density at radius 3 is 2.71 bits per heavy atom. The lowest BCUT2D eigenvalue weighted by Crippen LogP contribution is -2.36. The molecule has 0 bridgehead atoms. The van der Waals surface area contributed by atoms with Crippen LogP contribution in [-0.4, -0.2) is 41.7 Å². The van der Waals surface area contributed by atoms with E-state index in [4.69, 9.17) is 0 Å². The molecule has 1 aliphatic heterocycles. The third-order valence-electron chi connectivity index (χ3n) is 4.27. The van der Waals surface area contributed by atoms with E-state index < -0.39 is 9.84 Å². The minimum Gasteiger partial charge on any atom is -0.348 e. The maximum Gasteiger partial charge on any atom is 0.255 e. The average Bonchev–Trinajstić information content (AvgIpc) is 3.11. The summed E-state index contributed by atoms with van der Waals surface area (Å²) in [5, 5.41) is 7.18. The maximum atomic E-state index is 12.5. The molecule has 1 fully saturated rings. The van der Waals surface area contributed by atoms with Crippen molar-refractivity contribution in [3.63, 3.8) is 0 Å². The van der Waals surface area contributed by atoms with E-state index in [1.807, 2.05) is 41.9 Å². The number of nitrogens with one attached hydrogen (secondary N) is 1. The molecule has 0 spiro atoms. The van der Waals surface area contributed by atoms with Gasteiger partial charge < -0.3 is 5.32 Å². The number of carbonyl (C=O) groups is 1. The summed E-state index contributed by atoms with van der Waals surface area (Å²) in [4.78, 5) is 12.5. The van der Waals surface area contributed by atoms with Crippen molar-refractivity contribution in [2.24, 2.45) is 0 Å². The first kappa shape index (κ1) is 16.7. The van der Waals surface area contributed by atoms with Crippen LogP contribution in [-0.2, 0) is 22.8 Å². The van der Waals surface area contributed by atoms with E-state index in [0.717, 1.165) is 11.3 Å². The van der Waals surface area contributed by atoms with Crippen molar-refractivity contribution in [2.45, 2.75) is 32.4 Å². The summed E-state index contributed by atoms with van der Waals surface area (Å²) in [5.74, 6) is -0.0715. The van der Waals surface area contributed by atoms with Crippen molar-refractivity contribution in [2.75, 3.05) is 11.5 Å². The largest absolute Gasteiger partial charge is 0.348 e. The van der Waals surface area contributed by atoms with Gasteiger partial charge in [-0.3, -0.25) is 9.48 Å². The molecule has 0 saturated carbocycles. The predicted molar refractivity (Wildman–Crippen MR) is 91.7 cm³/mol. The minimum absolute atomic E-state index is 0.0261. The Bertz CT molecular complexity index is 828. The van der Waals surface area contributed by atoms with Gasteiger partial charge in [0.25, 0.3) is 5.91 Å². The third kappa shape index (κ3) is 3.67. The van der Waals surface area contributed by atoms with Crippen molar-refractivity contribution < 1.29 is 13.2 Å². The Hall–Kier alpha value is -2.15. The molecule has 1 atom stereocenters. The molecule has 7 heteroatoms. The highest BCUT2D eigenvalue weighted by Crippen LogP contribution is 2.15. The van der Waals surface area contributed by atoms with E-state index in [1.54, 1.807) is 6.20 Å². The van der Waals surface area contributed by atoms with Gasteiger partial charge in [-0.1, -0.05) is 37.3 Å². The molecule has 0 unspecified atom stereocenters. The van der Waals surface area contributed by atoms with E-state index in [1.165, 1.54) is 0 Å². The summed E-state index contributed by atoms with van der Waals surface area (Å²) in [6.07, 6.45) is 2.73. The second-order valence-corrected chi connectivity index (χ2v) is 8.30. The van der Waals surface area contributed by atoms with E-state index in [2.05, 4.69) is 10.4 Å².